The van der Waals surface area contributed by atoms with Gasteiger partial charge in [-0.05, 0) is 35.9 Å². The molecule has 0 atom stereocenters. The van der Waals surface area contributed by atoms with Gasteiger partial charge in [0, 0.05) is 32.7 Å². The molecule has 0 aromatic heterocycles. The van der Waals surface area contributed by atoms with Gasteiger partial charge in [-0.15, -0.1) is 0 Å². The van der Waals surface area contributed by atoms with Crippen molar-refractivity contribution in [2.45, 2.75) is 17.6 Å². The second kappa shape index (κ2) is 7.91. The molecule has 1 fully saturated rings. The van der Waals surface area contributed by atoms with Crippen LogP contribution in [-0.4, -0.2) is 43.8 Å². The molecule has 2 aromatic carbocycles. The Morgan fingerprint density at radius 1 is 1.00 bits per heavy atom. The summed E-state index contributed by atoms with van der Waals surface area (Å²) in [4.78, 5) is 1.70. The number of nitriles is 1. The molecule has 0 spiro atoms. The zero-order valence-electron chi connectivity index (χ0n) is 14.9. The molecular weight excluding hydrogens is 391 g/mol. The number of halogens is 3. The molecule has 0 unspecified atom stereocenters. The fourth-order valence-corrected chi connectivity index (χ4v) is 4.58. The number of sulfonamides is 1. The normalized spacial score (nSPS) is 16.6. The SMILES string of the molecule is N#Cc1cccc(CN2CCN(S(=O)(=O)c3cccc(C(F)(F)F)c3)CC2)c1. The first kappa shape index (κ1) is 20.3. The fourth-order valence-electron chi connectivity index (χ4n) is 3.11. The van der Waals surface area contributed by atoms with E-state index >= 15 is 0 Å². The summed E-state index contributed by atoms with van der Waals surface area (Å²) in [6.45, 7) is 1.87. The topological polar surface area (TPSA) is 64.4 Å². The van der Waals surface area contributed by atoms with Crippen molar-refractivity contribution in [1.82, 2.24) is 9.21 Å². The van der Waals surface area contributed by atoms with E-state index in [-0.39, 0.29) is 18.0 Å². The van der Waals surface area contributed by atoms with Crippen LogP contribution in [0.15, 0.2) is 53.4 Å². The van der Waals surface area contributed by atoms with E-state index in [1.54, 1.807) is 18.2 Å². The predicted molar refractivity (Wildman–Crippen MR) is 96.6 cm³/mol. The van der Waals surface area contributed by atoms with Crippen LogP contribution in [0.25, 0.3) is 0 Å². The van der Waals surface area contributed by atoms with Crippen LogP contribution in [0.5, 0.6) is 0 Å². The molecule has 148 valence electrons. The van der Waals surface area contributed by atoms with E-state index in [1.165, 1.54) is 10.4 Å². The summed E-state index contributed by atoms with van der Waals surface area (Å²) in [5.41, 5.74) is 0.529. The highest BCUT2D eigenvalue weighted by Crippen LogP contribution is 2.31. The van der Waals surface area contributed by atoms with Gasteiger partial charge in [-0.3, -0.25) is 4.90 Å². The van der Waals surface area contributed by atoms with Gasteiger partial charge in [0.15, 0.2) is 0 Å². The van der Waals surface area contributed by atoms with Crippen LogP contribution in [0.4, 0.5) is 13.2 Å². The summed E-state index contributed by atoms with van der Waals surface area (Å²) in [5, 5.41) is 8.96. The smallest absolute Gasteiger partial charge is 0.296 e. The molecule has 1 aliphatic rings. The first-order valence-corrected chi connectivity index (χ1v) is 10.0. The molecule has 0 aliphatic carbocycles. The molecule has 1 heterocycles. The number of hydrogen-bond acceptors (Lipinski definition) is 4. The van der Waals surface area contributed by atoms with Gasteiger partial charge < -0.3 is 0 Å². The summed E-state index contributed by atoms with van der Waals surface area (Å²) in [5.74, 6) is 0. The quantitative estimate of drug-likeness (QED) is 0.779. The molecular formula is C19H18F3N3O2S. The monoisotopic (exact) mass is 409 g/mol. The van der Waals surface area contributed by atoms with Gasteiger partial charge in [0.25, 0.3) is 0 Å². The molecule has 0 N–H and O–H groups in total. The van der Waals surface area contributed by atoms with Crippen molar-refractivity contribution >= 4 is 10.0 Å². The Bertz CT molecular complexity index is 992. The third kappa shape index (κ3) is 4.52. The summed E-state index contributed by atoms with van der Waals surface area (Å²) in [7, 11) is -3.99. The Morgan fingerprint density at radius 3 is 2.32 bits per heavy atom. The van der Waals surface area contributed by atoms with Gasteiger partial charge >= 0.3 is 6.18 Å². The van der Waals surface area contributed by atoms with Crippen LogP contribution in [-0.2, 0) is 22.7 Å². The zero-order valence-corrected chi connectivity index (χ0v) is 15.7. The van der Waals surface area contributed by atoms with Gasteiger partial charge in [0.2, 0.25) is 10.0 Å². The Balaban J connectivity index is 1.68. The van der Waals surface area contributed by atoms with Crippen molar-refractivity contribution in [3.05, 3.63) is 65.2 Å². The lowest BCUT2D eigenvalue weighted by Crippen LogP contribution is -2.48. The second-order valence-corrected chi connectivity index (χ2v) is 8.46. The van der Waals surface area contributed by atoms with Crippen molar-refractivity contribution in [2.75, 3.05) is 26.2 Å². The maximum Gasteiger partial charge on any atom is 0.416 e. The highest BCUT2D eigenvalue weighted by molar-refractivity contribution is 7.89. The van der Waals surface area contributed by atoms with E-state index in [9.17, 15) is 21.6 Å². The highest BCUT2D eigenvalue weighted by Gasteiger charge is 2.33. The number of rotatable bonds is 4. The van der Waals surface area contributed by atoms with E-state index in [1.807, 2.05) is 6.07 Å². The zero-order chi connectivity index (χ0) is 20.4. The van der Waals surface area contributed by atoms with Crippen molar-refractivity contribution in [3.8, 4) is 6.07 Å². The average molecular weight is 409 g/mol. The standard InChI is InChI=1S/C19H18F3N3O2S/c20-19(21,22)17-5-2-6-18(12-17)28(26,27)25-9-7-24(8-10-25)14-16-4-1-3-15(11-16)13-23/h1-6,11-12H,7-10,14H2. The lowest BCUT2D eigenvalue weighted by molar-refractivity contribution is -0.137. The molecule has 3 rings (SSSR count). The van der Waals surface area contributed by atoms with Gasteiger partial charge in [-0.2, -0.15) is 22.7 Å². The van der Waals surface area contributed by atoms with Gasteiger partial charge in [0.05, 0.1) is 22.1 Å². The number of alkyl halides is 3. The minimum Gasteiger partial charge on any atom is -0.296 e. The average Bonchev–Trinajstić information content (AvgIpc) is 2.68. The Labute approximate surface area is 161 Å². The molecule has 0 bridgehead atoms. The molecule has 5 nitrogen and oxygen atoms in total. The number of hydrogen-bond donors (Lipinski definition) is 0. The number of nitrogens with zero attached hydrogens (tertiary/aromatic N) is 3. The largest absolute Gasteiger partial charge is 0.416 e. The maximum absolute atomic E-state index is 12.9. The van der Waals surface area contributed by atoms with Crippen molar-refractivity contribution in [3.63, 3.8) is 0 Å². The van der Waals surface area contributed by atoms with Crippen LogP contribution in [0.2, 0.25) is 0 Å². The van der Waals surface area contributed by atoms with E-state index in [2.05, 4.69) is 11.0 Å². The minimum absolute atomic E-state index is 0.191. The third-order valence-corrected chi connectivity index (χ3v) is 6.49. The first-order valence-electron chi connectivity index (χ1n) is 8.59. The predicted octanol–water partition coefficient (Wildman–Crippen LogP) is 3.08. The second-order valence-electron chi connectivity index (χ2n) is 6.52. The molecule has 0 saturated carbocycles. The van der Waals surface area contributed by atoms with Gasteiger partial charge in [-0.25, -0.2) is 8.42 Å². The Kier molecular flexibility index (Phi) is 5.74. The Hall–Kier alpha value is -2.41. The molecule has 0 amide bonds. The maximum atomic E-state index is 12.9. The summed E-state index contributed by atoms with van der Waals surface area (Å²) in [6, 6.07) is 13.1. The van der Waals surface area contributed by atoms with Crippen LogP contribution in [0.1, 0.15) is 16.7 Å². The molecule has 2 aromatic rings. The summed E-state index contributed by atoms with van der Waals surface area (Å²) < 4.78 is 65.3. The third-order valence-electron chi connectivity index (χ3n) is 4.59. The lowest BCUT2D eigenvalue weighted by atomic mass is 10.1. The van der Waals surface area contributed by atoms with E-state index in [0.29, 0.717) is 31.3 Å². The fraction of sp³-hybridized carbons (Fsp3) is 0.316. The lowest BCUT2D eigenvalue weighted by Gasteiger charge is -2.34. The van der Waals surface area contributed by atoms with Crippen LogP contribution < -0.4 is 0 Å². The molecule has 9 heteroatoms. The number of piperazine rings is 1. The first-order chi connectivity index (χ1) is 13.2. The molecule has 0 radical (unpaired) electrons. The van der Waals surface area contributed by atoms with E-state index in [0.717, 1.165) is 17.7 Å². The van der Waals surface area contributed by atoms with E-state index in [4.69, 9.17) is 5.26 Å². The van der Waals surface area contributed by atoms with Crippen LogP contribution >= 0.6 is 0 Å². The van der Waals surface area contributed by atoms with Crippen molar-refractivity contribution in [1.29, 1.82) is 5.26 Å². The summed E-state index contributed by atoms with van der Waals surface area (Å²) in [6.07, 6.45) is -4.60. The van der Waals surface area contributed by atoms with Crippen LogP contribution in [0, 0.1) is 11.3 Å². The van der Waals surface area contributed by atoms with Crippen LogP contribution in [0.3, 0.4) is 0 Å². The molecule has 28 heavy (non-hydrogen) atoms. The van der Waals surface area contributed by atoms with E-state index < -0.39 is 21.8 Å². The van der Waals surface area contributed by atoms with Crippen molar-refractivity contribution in [2.24, 2.45) is 0 Å². The van der Waals surface area contributed by atoms with Gasteiger partial charge in [-0.1, -0.05) is 18.2 Å². The summed E-state index contributed by atoms with van der Waals surface area (Å²) >= 11 is 0. The number of benzene rings is 2. The van der Waals surface area contributed by atoms with Crippen molar-refractivity contribution < 1.29 is 21.6 Å². The molecule has 1 saturated heterocycles. The highest BCUT2D eigenvalue weighted by atomic mass is 32.2. The minimum atomic E-state index is -4.60. The Morgan fingerprint density at radius 2 is 1.68 bits per heavy atom. The van der Waals surface area contributed by atoms with Gasteiger partial charge in [0.1, 0.15) is 0 Å². The molecule has 1 aliphatic heterocycles.